The van der Waals surface area contributed by atoms with Crippen molar-refractivity contribution in [2.24, 2.45) is 34.6 Å². The number of esters is 1. The van der Waals surface area contributed by atoms with Crippen molar-refractivity contribution in [3.05, 3.63) is 52.8 Å². The van der Waals surface area contributed by atoms with Crippen LogP contribution >= 0.6 is 0 Å². The lowest BCUT2D eigenvalue weighted by atomic mass is 9.78. The van der Waals surface area contributed by atoms with Gasteiger partial charge >= 0.3 is 11.8 Å². The monoisotopic (exact) mass is 739 g/mol. The smallest absolute Gasteiger partial charge is 0.312 e. The number of allylic oxidation sites excluding steroid dienone is 2. The van der Waals surface area contributed by atoms with Crippen molar-refractivity contribution in [3.8, 4) is 23.0 Å². The van der Waals surface area contributed by atoms with Crippen LogP contribution in [0.2, 0.25) is 0 Å². The van der Waals surface area contributed by atoms with Crippen LogP contribution in [0.3, 0.4) is 0 Å². The third kappa shape index (κ3) is 7.54. The fraction of sp³-hybridized carbons (Fsp3) is 0.474. The molecule has 0 saturated carbocycles. The van der Waals surface area contributed by atoms with E-state index in [0.717, 1.165) is 6.21 Å². The average molecular weight is 740 g/mol. The highest BCUT2D eigenvalue weighted by atomic mass is 16.7. The van der Waals surface area contributed by atoms with Crippen LogP contribution in [0.5, 0.6) is 23.0 Å². The largest absolute Gasteiger partial charge is 0.507 e. The normalized spacial score (nSPS) is 32.2. The molecule has 53 heavy (non-hydrogen) atoms. The first-order chi connectivity index (χ1) is 24.8. The summed E-state index contributed by atoms with van der Waals surface area (Å²) in [5, 5.41) is 62.5. The molecular formula is C38H49N3O12. The second-order valence-electron chi connectivity index (χ2n) is 13.9. The number of methoxy groups -OCH3 is 1. The Bertz CT molecular complexity index is 1900. The lowest BCUT2D eigenvalue weighted by molar-refractivity contribution is -0.160. The summed E-state index contributed by atoms with van der Waals surface area (Å²) in [6, 6.07) is 0. The summed E-state index contributed by atoms with van der Waals surface area (Å²) in [6.07, 6.45) is 4.36. The number of aliphatic hydroxyl groups is 2. The molecule has 5 bridgehead atoms. The second-order valence-corrected chi connectivity index (χ2v) is 13.9. The molecule has 0 aromatic heterocycles. The number of benzene rings is 2. The van der Waals surface area contributed by atoms with Crippen LogP contribution in [-0.4, -0.2) is 86.7 Å². The molecule has 3 aliphatic rings. The van der Waals surface area contributed by atoms with Gasteiger partial charge in [0.15, 0.2) is 5.75 Å². The maximum Gasteiger partial charge on any atom is 0.312 e. The molecule has 15 nitrogen and oxygen atoms in total. The number of hydrogen-bond donors (Lipinski definition) is 7. The quantitative estimate of drug-likeness (QED) is 0.0588. The number of hydrazone groups is 1. The standard InChI is InChI=1S/C38H49N3O12/c1-16-11-10-12-17(2)37(49)41-28-23(15-40-39)32(46)25-26(33(28)47)31(45)21(6)35-27(25)36(48)38(8,53-35)51-14-13-24(50-9)18(3)34(52-22(7)42)20(5)30(44)19(4)29(16)43/h10-16,18-20,24,29-30,34,43-47H,39H2,1-9H3,(H,41,49)/b11-10+,14-13+,17-12-,40-15+/t16-,18+,19+,20+,24-,29-,30-,34+,38-/m0/s1. The minimum Gasteiger partial charge on any atom is -0.507 e. The fourth-order valence-corrected chi connectivity index (χ4v) is 6.95. The molecule has 288 valence electrons. The molecule has 1 amide bonds. The number of phenolic OH excluding ortho intramolecular Hbond substituents is 3. The van der Waals surface area contributed by atoms with Gasteiger partial charge < -0.3 is 55.6 Å². The number of nitrogens with zero attached hydrogens (tertiary/aromatic N) is 1. The Morgan fingerprint density at radius 1 is 0.981 bits per heavy atom. The average Bonchev–Trinajstić information content (AvgIpc) is 3.38. The summed E-state index contributed by atoms with van der Waals surface area (Å²) >= 11 is 0. The Hall–Kier alpha value is -5.12. The van der Waals surface area contributed by atoms with E-state index in [-0.39, 0.29) is 44.5 Å². The van der Waals surface area contributed by atoms with Crippen LogP contribution in [0.1, 0.15) is 70.0 Å². The lowest BCUT2D eigenvalue weighted by Gasteiger charge is -2.38. The van der Waals surface area contributed by atoms with E-state index >= 15 is 0 Å². The van der Waals surface area contributed by atoms with Gasteiger partial charge in [0, 0.05) is 61.2 Å². The van der Waals surface area contributed by atoms with Gasteiger partial charge in [0.1, 0.15) is 23.4 Å². The molecule has 0 aliphatic carbocycles. The maximum atomic E-state index is 14.1. The van der Waals surface area contributed by atoms with E-state index in [1.54, 1.807) is 39.8 Å². The molecule has 3 heterocycles. The molecule has 0 unspecified atom stereocenters. The number of ketones is 1. The predicted octanol–water partition coefficient (Wildman–Crippen LogP) is 4.05. The minimum atomic E-state index is -2.05. The van der Waals surface area contributed by atoms with Crippen LogP contribution in [-0.2, 0) is 23.8 Å². The zero-order chi connectivity index (χ0) is 39.7. The van der Waals surface area contributed by atoms with Crippen molar-refractivity contribution in [1.29, 1.82) is 0 Å². The maximum absolute atomic E-state index is 14.1. The summed E-state index contributed by atoms with van der Waals surface area (Å²) < 4.78 is 23.3. The Labute approximate surface area is 307 Å². The van der Waals surface area contributed by atoms with Gasteiger partial charge in [-0.3, -0.25) is 14.4 Å². The van der Waals surface area contributed by atoms with Crippen molar-refractivity contribution in [1.82, 2.24) is 0 Å². The first-order valence-electron chi connectivity index (χ1n) is 17.1. The number of amides is 1. The number of aliphatic hydroxyl groups excluding tert-OH is 2. The van der Waals surface area contributed by atoms with Gasteiger partial charge in [0.2, 0.25) is 0 Å². The number of nitrogens with one attached hydrogen (secondary N) is 1. The second kappa shape index (κ2) is 15.9. The highest BCUT2D eigenvalue weighted by molar-refractivity contribution is 6.23. The number of Topliss-reactive ketones (excluding diaryl/α,β-unsaturated/α-hetero) is 1. The number of rotatable bonds is 3. The van der Waals surface area contributed by atoms with E-state index < -0.39 is 88.8 Å². The van der Waals surface area contributed by atoms with E-state index in [1.807, 2.05) is 0 Å². The lowest BCUT2D eigenvalue weighted by Crippen LogP contribution is -2.46. The van der Waals surface area contributed by atoms with Crippen LogP contribution < -0.4 is 15.9 Å². The minimum absolute atomic E-state index is 0.0294. The number of ether oxygens (including phenoxy) is 4. The number of phenols is 3. The van der Waals surface area contributed by atoms with Crippen molar-refractivity contribution in [3.63, 3.8) is 0 Å². The first kappa shape index (κ1) is 40.6. The summed E-state index contributed by atoms with van der Waals surface area (Å²) in [4.78, 5) is 39.8. The van der Waals surface area contributed by atoms with Gasteiger partial charge in [0.25, 0.3) is 11.7 Å². The predicted molar refractivity (Wildman–Crippen MR) is 196 cm³/mol. The Balaban J connectivity index is 1.95. The van der Waals surface area contributed by atoms with Crippen molar-refractivity contribution in [2.75, 3.05) is 12.4 Å². The van der Waals surface area contributed by atoms with Crippen molar-refractivity contribution < 1.29 is 58.9 Å². The van der Waals surface area contributed by atoms with Crippen LogP contribution in [0, 0.1) is 30.6 Å². The molecule has 0 spiro atoms. The molecule has 3 aliphatic heterocycles. The van der Waals surface area contributed by atoms with Gasteiger partial charge in [-0.1, -0.05) is 45.9 Å². The molecule has 2 aromatic carbocycles. The van der Waals surface area contributed by atoms with Crippen molar-refractivity contribution in [2.45, 2.75) is 85.6 Å². The number of aromatic hydroxyl groups is 3. The molecule has 5 rings (SSSR count). The third-order valence-electron chi connectivity index (χ3n) is 10.2. The number of fused-ring (bicyclic) bond motifs is 14. The third-order valence-corrected chi connectivity index (χ3v) is 10.2. The number of anilines is 1. The molecule has 2 aromatic rings. The molecule has 0 saturated heterocycles. The molecule has 0 fully saturated rings. The van der Waals surface area contributed by atoms with E-state index in [1.165, 1.54) is 53.2 Å². The topological polar surface area (TPSA) is 240 Å². The Morgan fingerprint density at radius 3 is 2.25 bits per heavy atom. The zero-order valence-corrected chi connectivity index (χ0v) is 31.2. The number of hydrogen-bond acceptors (Lipinski definition) is 14. The van der Waals surface area contributed by atoms with E-state index in [0.29, 0.717) is 0 Å². The van der Waals surface area contributed by atoms with Crippen LogP contribution in [0.4, 0.5) is 5.69 Å². The molecule has 0 radical (unpaired) electrons. The van der Waals surface area contributed by atoms with Crippen LogP contribution in [0.15, 0.2) is 41.2 Å². The summed E-state index contributed by atoms with van der Waals surface area (Å²) in [7, 11) is 1.42. The van der Waals surface area contributed by atoms with Gasteiger partial charge in [-0.05, 0) is 19.9 Å². The summed E-state index contributed by atoms with van der Waals surface area (Å²) in [5.41, 5.74) is -0.677. The fourth-order valence-electron chi connectivity index (χ4n) is 6.95. The summed E-state index contributed by atoms with van der Waals surface area (Å²) in [6.45, 7) is 12.3. The Kier molecular flexibility index (Phi) is 12.2. The number of nitrogens with two attached hydrogens (primary N) is 1. The number of carbonyl (C=O) groups is 3. The molecule has 8 N–H and O–H groups in total. The summed E-state index contributed by atoms with van der Waals surface area (Å²) in [5.74, 6) is -3.22. The first-order valence-corrected chi connectivity index (χ1v) is 17.1. The van der Waals surface area contributed by atoms with Gasteiger partial charge in [0.05, 0.1) is 53.0 Å². The highest BCUT2D eigenvalue weighted by Gasteiger charge is 2.50. The Morgan fingerprint density at radius 2 is 1.64 bits per heavy atom. The van der Waals surface area contributed by atoms with E-state index in [2.05, 4.69) is 10.4 Å². The van der Waals surface area contributed by atoms with Gasteiger partial charge in [-0.15, -0.1) is 0 Å². The zero-order valence-electron chi connectivity index (χ0n) is 31.2. The SMILES string of the molecule is CO[C@H]1/C=C/O[C@@]2(C)Oc3c(C)c(O)c4c(O)c(c(/C=N/N)c(O)c4c3C2=O)NC(=O)/C(C)=C\C=C\[C@H](C)[C@H](O)[C@@H](C)[C@H](O)[C@@H](C)[C@H](OC(C)=O)[C@@H]1C. The van der Waals surface area contributed by atoms with Crippen LogP contribution in [0.25, 0.3) is 10.8 Å². The molecular weight excluding hydrogens is 690 g/mol. The van der Waals surface area contributed by atoms with E-state index in [9.17, 15) is 39.9 Å². The molecule has 15 heteroatoms. The molecule has 9 atom stereocenters. The number of carbonyl (C=O) groups excluding carboxylic acids is 3. The van der Waals surface area contributed by atoms with E-state index in [4.69, 9.17) is 24.8 Å². The highest BCUT2D eigenvalue weighted by Crippen LogP contribution is 2.55. The van der Waals surface area contributed by atoms with Gasteiger partial charge in [-0.2, -0.15) is 5.10 Å². The van der Waals surface area contributed by atoms with Gasteiger partial charge in [-0.25, -0.2) is 0 Å². The van der Waals surface area contributed by atoms with Crippen molar-refractivity contribution >= 4 is 40.3 Å².